The highest BCUT2D eigenvalue weighted by molar-refractivity contribution is 5.23. The molecule has 2 nitrogen and oxygen atoms in total. The molecule has 2 N–H and O–H groups in total. The van der Waals surface area contributed by atoms with Gasteiger partial charge in [0.05, 0.1) is 0 Å². The van der Waals surface area contributed by atoms with Crippen LogP contribution < -0.4 is 5.73 Å². The Bertz CT molecular complexity index is 453. The van der Waals surface area contributed by atoms with E-state index in [1.54, 1.807) is 0 Å². The number of hydrogen-bond acceptors (Lipinski definition) is 2. The largest absolute Gasteiger partial charge is 0.324 e. The summed E-state index contributed by atoms with van der Waals surface area (Å²) in [5.41, 5.74) is 8.91. The summed E-state index contributed by atoms with van der Waals surface area (Å²) in [7, 11) is 2.27. The monoisotopic (exact) mass is 286 g/mol. The van der Waals surface area contributed by atoms with Crippen LogP contribution >= 0.6 is 0 Å². The zero-order valence-corrected chi connectivity index (χ0v) is 13.6. The van der Waals surface area contributed by atoms with E-state index < -0.39 is 0 Å². The second kappa shape index (κ2) is 6.50. The van der Waals surface area contributed by atoms with E-state index in [1.165, 1.54) is 43.4 Å². The lowest BCUT2D eigenvalue weighted by atomic mass is 9.88. The predicted octanol–water partition coefficient (Wildman–Crippen LogP) is 3.75. The second-order valence-electron chi connectivity index (χ2n) is 7.50. The molecule has 2 aliphatic rings. The number of rotatable bonds is 6. The molecule has 3 rings (SSSR count). The molecule has 0 aromatic heterocycles. The third kappa shape index (κ3) is 3.67. The molecular formula is C19H30N2. The summed E-state index contributed by atoms with van der Waals surface area (Å²) in [5, 5.41) is 0. The fourth-order valence-corrected chi connectivity index (χ4v) is 4.43. The minimum Gasteiger partial charge on any atom is -0.324 e. The van der Waals surface area contributed by atoms with Gasteiger partial charge in [0.25, 0.3) is 0 Å². The van der Waals surface area contributed by atoms with Crippen LogP contribution in [0.15, 0.2) is 24.3 Å². The molecule has 0 radical (unpaired) electrons. The van der Waals surface area contributed by atoms with Gasteiger partial charge in [-0.1, -0.05) is 36.2 Å². The lowest BCUT2D eigenvalue weighted by Gasteiger charge is -2.28. The molecule has 0 heterocycles. The van der Waals surface area contributed by atoms with Crippen molar-refractivity contribution in [3.63, 3.8) is 0 Å². The predicted molar refractivity (Wildman–Crippen MR) is 89.2 cm³/mol. The molecular weight excluding hydrogens is 256 g/mol. The van der Waals surface area contributed by atoms with Crippen LogP contribution in [0.25, 0.3) is 0 Å². The highest BCUT2D eigenvalue weighted by atomic mass is 15.1. The van der Waals surface area contributed by atoms with Gasteiger partial charge in [0.2, 0.25) is 0 Å². The average molecular weight is 286 g/mol. The van der Waals surface area contributed by atoms with Gasteiger partial charge in [0, 0.05) is 12.6 Å². The molecule has 2 heteroatoms. The lowest BCUT2D eigenvalue weighted by molar-refractivity contribution is 0.215. The van der Waals surface area contributed by atoms with E-state index in [2.05, 4.69) is 43.1 Å². The number of fused-ring (bicyclic) bond motifs is 2. The van der Waals surface area contributed by atoms with Crippen molar-refractivity contribution in [2.45, 2.75) is 45.1 Å². The maximum absolute atomic E-state index is 6.34. The van der Waals surface area contributed by atoms with Crippen LogP contribution in [0.4, 0.5) is 0 Å². The fourth-order valence-electron chi connectivity index (χ4n) is 4.43. The van der Waals surface area contributed by atoms with E-state index in [-0.39, 0.29) is 6.04 Å². The molecule has 1 aromatic rings. The van der Waals surface area contributed by atoms with Gasteiger partial charge in [-0.25, -0.2) is 0 Å². The fraction of sp³-hybridized carbons (Fsp3) is 0.684. The minimum absolute atomic E-state index is 0.174. The van der Waals surface area contributed by atoms with Crippen molar-refractivity contribution >= 4 is 0 Å². The van der Waals surface area contributed by atoms with Gasteiger partial charge in [0.1, 0.15) is 0 Å². The first-order chi connectivity index (χ1) is 10.1. The van der Waals surface area contributed by atoms with E-state index in [0.717, 1.165) is 30.7 Å². The van der Waals surface area contributed by atoms with Gasteiger partial charge in [-0.2, -0.15) is 0 Å². The molecule has 0 spiro atoms. The van der Waals surface area contributed by atoms with E-state index in [4.69, 9.17) is 5.73 Å². The molecule has 21 heavy (non-hydrogen) atoms. The number of nitrogens with zero attached hydrogens (tertiary/aromatic N) is 1. The van der Waals surface area contributed by atoms with Crippen molar-refractivity contribution in [1.82, 2.24) is 4.90 Å². The summed E-state index contributed by atoms with van der Waals surface area (Å²) < 4.78 is 0. The quantitative estimate of drug-likeness (QED) is 0.863. The van der Waals surface area contributed by atoms with Crippen LogP contribution in [0.5, 0.6) is 0 Å². The number of benzene rings is 1. The number of hydrogen-bond donors (Lipinski definition) is 1. The summed E-state index contributed by atoms with van der Waals surface area (Å²) in [4.78, 5) is 2.51. The van der Waals surface area contributed by atoms with E-state index in [9.17, 15) is 0 Å². The Hall–Kier alpha value is -0.860. The number of aryl methyl sites for hydroxylation is 1. The minimum atomic E-state index is 0.174. The Morgan fingerprint density at radius 1 is 1.19 bits per heavy atom. The van der Waals surface area contributed by atoms with Crippen LogP contribution in [-0.2, 0) is 0 Å². The zero-order chi connectivity index (χ0) is 14.8. The van der Waals surface area contributed by atoms with E-state index in [0.29, 0.717) is 0 Å². The van der Waals surface area contributed by atoms with Crippen LogP contribution in [0, 0.1) is 24.7 Å². The molecule has 4 unspecified atom stereocenters. The van der Waals surface area contributed by atoms with Gasteiger partial charge >= 0.3 is 0 Å². The molecule has 4 atom stereocenters. The zero-order valence-electron chi connectivity index (χ0n) is 13.6. The number of nitrogens with two attached hydrogens (primary N) is 1. The highest BCUT2D eigenvalue weighted by Gasteiger charge is 2.39. The molecule has 116 valence electrons. The first kappa shape index (κ1) is 15.1. The summed E-state index contributed by atoms with van der Waals surface area (Å²) in [6, 6.07) is 8.85. The maximum Gasteiger partial charge on any atom is 0.0307 e. The van der Waals surface area contributed by atoms with Gasteiger partial charge in [-0.15, -0.1) is 0 Å². The highest BCUT2D eigenvalue weighted by Crippen LogP contribution is 2.48. The van der Waals surface area contributed by atoms with Crippen LogP contribution in [0.1, 0.15) is 49.3 Å². The van der Waals surface area contributed by atoms with Gasteiger partial charge in [-0.3, -0.25) is 0 Å². The van der Waals surface area contributed by atoms with E-state index in [1.807, 2.05) is 0 Å². The van der Waals surface area contributed by atoms with Gasteiger partial charge < -0.3 is 10.6 Å². The van der Waals surface area contributed by atoms with Crippen molar-refractivity contribution in [1.29, 1.82) is 0 Å². The molecule has 2 fully saturated rings. The van der Waals surface area contributed by atoms with Crippen LogP contribution in [-0.4, -0.2) is 25.0 Å². The molecule has 0 amide bonds. The van der Waals surface area contributed by atoms with Crippen molar-refractivity contribution in [3.8, 4) is 0 Å². The first-order valence-electron chi connectivity index (χ1n) is 8.62. The first-order valence-corrected chi connectivity index (χ1v) is 8.62. The van der Waals surface area contributed by atoms with Crippen molar-refractivity contribution in [2.24, 2.45) is 23.5 Å². The molecule has 2 saturated carbocycles. The van der Waals surface area contributed by atoms with Crippen molar-refractivity contribution in [2.75, 3.05) is 20.1 Å². The Balaban J connectivity index is 1.43. The summed E-state index contributed by atoms with van der Waals surface area (Å²) in [6.07, 6.45) is 7.05. The smallest absolute Gasteiger partial charge is 0.0307 e. The molecule has 0 saturated heterocycles. The third-order valence-corrected chi connectivity index (χ3v) is 5.76. The lowest BCUT2D eigenvalue weighted by Crippen LogP contribution is -2.31. The Morgan fingerprint density at radius 2 is 1.95 bits per heavy atom. The maximum atomic E-state index is 6.34. The topological polar surface area (TPSA) is 29.3 Å². The molecule has 0 aliphatic heterocycles. The van der Waals surface area contributed by atoms with E-state index >= 15 is 0 Å². The van der Waals surface area contributed by atoms with Gasteiger partial charge in [0.15, 0.2) is 0 Å². The summed E-state index contributed by atoms with van der Waals surface area (Å²) in [5.74, 6) is 3.05. The normalized spacial score (nSPS) is 29.2. The van der Waals surface area contributed by atoms with Crippen LogP contribution in [0.3, 0.4) is 0 Å². The standard InChI is InChI=1S/C19H30N2/c1-14-3-6-16(7-4-14)19(20)9-10-21(2)13-18-12-15-5-8-17(18)11-15/h3-4,6-7,15,17-19H,5,8-13,20H2,1-2H3. The summed E-state index contributed by atoms with van der Waals surface area (Å²) in [6.45, 7) is 4.52. The Morgan fingerprint density at radius 3 is 2.57 bits per heavy atom. The third-order valence-electron chi connectivity index (χ3n) is 5.76. The van der Waals surface area contributed by atoms with Crippen molar-refractivity contribution in [3.05, 3.63) is 35.4 Å². The SMILES string of the molecule is Cc1ccc(C(N)CCN(C)CC2CC3CCC2C3)cc1. The van der Waals surface area contributed by atoms with Crippen molar-refractivity contribution < 1.29 is 0 Å². The Kier molecular flexibility index (Phi) is 4.66. The molecule has 2 bridgehead atoms. The Labute approximate surface area is 129 Å². The summed E-state index contributed by atoms with van der Waals surface area (Å²) >= 11 is 0. The van der Waals surface area contributed by atoms with Gasteiger partial charge in [-0.05, 0) is 69.5 Å². The average Bonchev–Trinajstić information content (AvgIpc) is 3.08. The van der Waals surface area contributed by atoms with Crippen LogP contribution in [0.2, 0.25) is 0 Å². The molecule has 1 aromatic carbocycles. The second-order valence-corrected chi connectivity index (χ2v) is 7.50. The molecule has 2 aliphatic carbocycles.